The maximum Gasteiger partial charge on any atom is 0.147 e. The number of aromatic nitrogens is 2. The van der Waals surface area contributed by atoms with Gasteiger partial charge in [-0.15, -0.1) is 0 Å². The van der Waals surface area contributed by atoms with Gasteiger partial charge in [-0.3, -0.25) is 4.98 Å². The molecule has 0 unspecified atom stereocenters. The van der Waals surface area contributed by atoms with Crippen LogP contribution in [-0.4, -0.2) is 9.97 Å². The van der Waals surface area contributed by atoms with Crippen molar-refractivity contribution >= 4 is 11.6 Å². The van der Waals surface area contributed by atoms with Gasteiger partial charge in [-0.05, 0) is 13.3 Å². The molecule has 2 nitrogen and oxygen atoms in total. The van der Waals surface area contributed by atoms with Gasteiger partial charge in [0.2, 0.25) is 0 Å². The highest BCUT2D eigenvalue weighted by Crippen LogP contribution is 2.08. The third-order valence-electron chi connectivity index (χ3n) is 1.51. The molecule has 0 bridgehead atoms. The summed E-state index contributed by atoms with van der Waals surface area (Å²) in [6.07, 6.45) is 3.62. The van der Waals surface area contributed by atoms with Crippen LogP contribution in [0.5, 0.6) is 0 Å². The summed E-state index contributed by atoms with van der Waals surface area (Å²) in [5, 5.41) is 0.485. The van der Waals surface area contributed by atoms with Crippen molar-refractivity contribution in [2.75, 3.05) is 0 Å². The Morgan fingerprint density at radius 3 is 2.91 bits per heavy atom. The Morgan fingerprint density at radius 1 is 1.55 bits per heavy atom. The second-order valence-corrected chi connectivity index (χ2v) is 2.86. The molecule has 1 aromatic heterocycles. The lowest BCUT2D eigenvalue weighted by atomic mass is 10.2. The van der Waals surface area contributed by atoms with E-state index in [2.05, 4.69) is 16.9 Å². The van der Waals surface area contributed by atoms with Crippen molar-refractivity contribution in [2.24, 2.45) is 0 Å². The molecule has 0 saturated heterocycles. The summed E-state index contributed by atoms with van der Waals surface area (Å²) < 4.78 is 0. The van der Waals surface area contributed by atoms with Crippen LogP contribution >= 0.6 is 11.6 Å². The number of rotatable bonds is 2. The van der Waals surface area contributed by atoms with Crippen LogP contribution in [0.25, 0.3) is 0 Å². The molecule has 0 radical (unpaired) electrons. The molecular formula is C8H11ClN2. The van der Waals surface area contributed by atoms with E-state index in [1.165, 1.54) is 0 Å². The van der Waals surface area contributed by atoms with E-state index in [4.69, 9.17) is 11.6 Å². The first-order valence-electron chi connectivity index (χ1n) is 3.72. The third-order valence-corrected chi connectivity index (χ3v) is 1.69. The van der Waals surface area contributed by atoms with Gasteiger partial charge in [0.15, 0.2) is 0 Å². The van der Waals surface area contributed by atoms with E-state index >= 15 is 0 Å². The zero-order valence-corrected chi connectivity index (χ0v) is 7.52. The Kier molecular flexibility index (Phi) is 2.83. The number of aryl methyl sites for hydroxylation is 2. The van der Waals surface area contributed by atoms with Gasteiger partial charge < -0.3 is 0 Å². The lowest BCUT2D eigenvalue weighted by molar-refractivity contribution is 0.853. The van der Waals surface area contributed by atoms with Gasteiger partial charge in [-0.25, -0.2) is 4.98 Å². The molecule has 0 fully saturated rings. The second kappa shape index (κ2) is 3.67. The highest BCUT2D eigenvalue weighted by Gasteiger charge is 2.00. The molecule has 60 valence electrons. The van der Waals surface area contributed by atoms with Gasteiger partial charge in [0.1, 0.15) is 5.15 Å². The minimum Gasteiger partial charge on any atom is -0.256 e. The molecule has 1 rings (SSSR count). The van der Waals surface area contributed by atoms with Crippen LogP contribution in [0.15, 0.2) is 6.20 Å². The highest BCUT2D eigenvalue weighted by atomic mass is 35.5. The highest BCUT2D eigenvalue weighted by molar-refractivity contribution is 6.29. The van der Waals surface area contributed by atoms with Crippen molar-refractivity contribution < 1.29 is 0 Å². The van der Waals surface area contributed by atoms with E-state index in [-0.39, 0.29) is 0 Å². The summed E-state index contributed by atoms with van der Waals surface area (Å²) in [7, 11) is 0. The summed E-state index contributed by atoms with van der Waals surface area (Å²) in [4.78, 5) is 8.27. The van der Waals surface area contributed by atoms with Crippen LogP contribution < -0.4 is 0 Å². The summed E-state index contributed by atoms with van der Waals surface area (Å²) in [6.45, 7) is 4.07. The normalized spacial score (nSPS) is 10.1. The third kappa shape index (κ3) is 2.15. The van der Waals surface area contributed by atoms with Crippen molar-refractivity contribution in [2.45, 2.75) is 26.7 Å². The molecular weight excluding hydrogens is 160 g/mol. The van der Waals surface area contributed by atoms with E-state index in [9.17, 15) is 0 Å². The zero-order chi connectivity index (χ0) is 8.27. The molecule has 0 aliphatic rings. The van der Waals surface area contributed by atoms with Crippen LogP contribution in [0.3, 0.4) is 0 Å². The Bertz CT molecular complexity index is 248. The molecule has 0 N–H and O–H groups in total. The Morgan fingerprint density at radius 2 is 2.27 bits per heavy atom. The van der Waals surface area contributed by atoms with Gasteiger partial charge in [-0.2, -0.15) is 0 Å². The predicted octanol–water partition coefficient (Wildman–Crippen LogP) is 2.39. The van der Waals surface area contributed by atoms with Gasteiger partial charge in [0, 0.05) is 0 Å². The van der Waals surface area contributed by atoms with Crippen molar-refractivity contribution in [3.63, 3.8) is 0 Å². The van der Waals surface area contributed by atoms with E-state index in [1.54, 1.807) is 6.20 Å². The van der Waals surface area contributed by atoms with E-state index in [1.807, 2.05) is 6.92 Å². The molecule has 0 aliphatic carbocycles. The molecule has 1 heterocycles. The van der Waals surface area contributed by atoms with Gasteiger partial charge in [0.25, 0.3) is 0 Å². The lowest BCUT2D eigenvalue weighted by Crippen LogP contribution is -1.96. The fourth-order valence-corrected chi connectivity index (χ4v) is 1.09. The summed E-state index contributed by atoms with van der Waals surface area (Å²) in [6, 6.07) is 0. The fraction of sp³-hybridized carbons (Fsp3) is 0.500. The number of hydrogen-bond acceptors (Lipinski definition) is 2. The smallest absolute Gasteiger partial charge is 0.147 e. The minimum atomic E-state index is 0.485. The first kappa shape index (κ1) is 8.47. The molecule has 0 saturated carbocycles. The van der Waals surface area contributed by atoms with Gasteiger partial charge >= 0.3 is 0 Å². The Labute approximate surface area is 71.6 Å². The molecule has 0 spiro atoms. The van der Waals surface area contributed by atoms with Crippen LogP contribution in [0, 0.1) is 6.92 Å². The number of hydrogen-bond donors (Lipinski definition) is 0. The maximum absolute atomic E-state index is 5.68. The fourth-order valence-electron chi connectivity index (χ4n) is 0.937. The molecule has 0 aromatic carbocycles. The maximum atomic E-state index is 5.68. The summed E-state index contributed by atoms with van der Waals surface area (Å²) in [5.41, 5.74) is 2.00. The largest absolute Gasteiger partial charge is 0.256 e. The minimum absolute atomic E-state index is 0.485. The van der Waals surface area contributed by atoms with Crippen molar-refractivity contribution in [1.29, 1.82) is 0 Å². The van der Waals surface area contributed by atoms with E-state index < -0.39 is 0 Å². The molecule has 0 atom stereocenters. The first-order chi connectivity index (χ1) is 5.24. The average Bonchev–Trinajstić information content (AvgIpc) is 1.98. The van der Waals surface area contributed by atoms with E-state index in [0.717, 1.165) is 24.2 Å². The van der Waals surface area contributed by atoms with Crippen molar-refractivity contribution in [3.8, 4) is 0 Å². The van der Waals surface area contributed by atoms with Gasteiger partial charge in [0.05, 0.1) is 17.6 Å². The topological polar surface area (TPSA) is 25.8 Å². The quantitative estimate of drug-likeness (QED) is 0.681. The van der Waals surface area contributed by atoms with E-state index in [0.29, 0.717) is 5.15 Å². The number of halogens is 1. The van der Waals surface area contributed by atoms with Crippen LogP contribution in [0.2, 0.25) is 5.15 Å². The standard InChI is InChI=1S/C8H11ClN2/c1-3-4-7-6(2)10-5-8(9)11-7/h5H,3-4H2,1-2H3. The monoisotopic (exact) mass is 170 g/mol. The van der Waals surface area contributed by atoms with Crippen molar-refractivity contribution in [1.82, 2.24) is 9.97 Å². The average molecular weight is 171 g/mol. The number of nitrogens with zero attached hydrogens (tertiary/aromatic N) is 2. The zero-order valence-electron chi connectivity index (χ0n) is 6.76. The lowest BCUT2D eigenvalue weighted by Gasteiger charge is -2.00. The summed E-state index contributed by atoms with van der Waals surface area (Å²) >= 11 is 5.68. The molecule has 3 heteroatoms. The van der Waals surface area contributed by atoms with Crippen LogP contribution in [0.1, 0.15) is 24.7 Å². The van der Waals surface area contributed by atoms with Crippen LogP contribution in [0.4, 0.5) is 0 Å². The van der Waals surface area contributed by atoms with Crippen molar-refractivity contribution in [3.05, 3.63) is 22.7 Å². The molecule has 0 aliphatic heterocycles. The molecule has 1 aromatic rings. The Balaban J connectivity index is 2.93. The first-order valence-corrected chi connectivity index (χ1v) is 4.10. The second-order valence-electron chi connectivity index (χ2n) is 2.47. The predicted molar refractivity (Wildman–Crippen MR) is 45.8 cm³/mol. The Hall–Kier alpha value is -0.630. The molecule has 11 heavy (non-hydrogen) atoms. The summed E-state index contributed by atoms with van der Waals surface area (Å²) in [5.74, 6) is 0. The van der Waals surface area contributed by atoms with Gasteiger partial charge in [-0.1, -0.05) is 24.9 Å². The van der Waals surface area contributed by atoms with Crippen LogP contribution in [-0.2, 0) is 6.42 Å². The SMILES string of the molecule is CCCc1nc(Cl)cnc1C. The molecule has 0 amide bonds.